The lowest BCUT2D eigenvalue weighted by molar-refractivity contribution is 0.0952. The molecule has 0 spiro atoms. The van der Waals surface area contributed by atoms with Crippen molar-refractivity contribution in [1.29, 1.82) is 0 Å². The predicted molar refractivity (Wildman–Crippen MR) is 110 cm³/mol. The maximum Gasteiger partial charge on any atom is 0.275 e. The predicted octanol–water partition coefficient (Wildman–Crippen LogP) is 2.21. The van der Waals surface area contributed by atoms with Crippen LogP contribution in [0.25, 0.3) is 5.69 Å². The Bertz CT molecular complexity index is 1200. The van der Waals surface area contributed by atoms with Gasteiger partial charge in [0.1, 0.15) is 5.75 Å². The molecule has 4 N–H and O–H groups in total. The van der Waals surface area contributed by atoms with Crippen molar-refractivity contribution in [3.05, 3.63) is 77.1 Å². The number of benzene rings is 2. The number of nitrogens with one attached hydrogen (secondary N) is 1. The molecule has 29 heavy (non-hydrogen) atoms. The number of carbonyl (C=O) groups excluding carboxylic acids is 1. The van der Waals surface area contributed by atoms with Gasteiger partial charge < -0.3 is 9.67 Å². The SMILES string of the molecule is Cc1cc(/C=N\NC(=O)c2ccccc2O)c(C)n1-c1ccc(S(N)(=O)=O)cc1. The molecule has 0 atom stereocenters. The van der Waals surface area contributed by atoms with E-state index in [1.807, 2.05) is 24.5 Å². The molecular formula is C20H20N4O4S. The highest BCUT2D eigenvalue weighted by atomic mass is 32.2. The molecule has 0 saturated heterocycles. The number of para-hydroxylation sites is 1. The Balaban J connectivity index is 1.82. The number of nitrogens with two attached hydrogens (primary N) is 1. The Kier molecular flexibility index (Phi) is 5.53. The van der Waals surface area contributed by atoms with Crippen LogP contribution >= 0.6 is 0 Å². The molecule has 9 heteroatoms. The number of phenols is 1. The normalized spacial score (nSPS) is 11.7. The summed E-state index contributed by atoms with van der Waals surface area (Å²) in [6.45, 7) is 3.78. The third kappa shape index (κ3) is 4.36. The number of aromatic nitrogens is 1. The van der Waals surface area contributed by atoms with Crippen LogP contribution in [-0.2, 0) is 10.0 Å². The largest absolute Gasteiger partial charge is 0.507 e. The molecular weight excluding hydrogens is 392 g/mol. The minimum Gasteiger partial charge on any atom is -0.507 e. The van der Waals surface area contributed by atoms with Crippen LogP contribution in [0.15, 0.2) is 64.6 Å². The van der Waals surface area contributed by atoms with E-state index in [0.717, 1.165) is 22.6 Å². The van der Waals surface area contributed by atoms with E-state index in [9.17, 15) is 18.3 Å². The molecule has 0 saturated carbocycles. The number of amides is 1. The van der Waals surface area contributed by atoms with Crippen LogP contribution in [0.2, 0.25) is 0 Å². The van der Waals surface area contributed by atoms with Gasteiger partial charge in [0.15, 0.2) is 0 Å². The lowest BCUT2D eigenvalue weighted by Crippen LogP contribution is -2.17. The number of phenolic OH excluding ortho intramolecular Hbond substituents is 1. The molecule has 150 valence electrons. The molecule has 0 aliphatic rings. The number of carbonyl (C=O) groups is 1. The van der Waals surface area contributed by atoms with Crippen LogP contribution in [0.3, 0.4) is 0 Å². The maximum absolute atomic E-state index is 12.1. The zero-order chi connectivity index (χ0) is 21.2. The third-order valence-corrected chi connectivity index (χ3v) is 5.34. The quantitative estimate of drug-likeness (QED) is 0.438. The van der Waals surface area contributed by atoms with Gasteiger partial charge >= 0.3 is 0 Å². The van der Waals surface area contributed by atoms with Crippen LogP contribution in [0, 0.1) is 13.8 Å². The average Bonchev–Trinajstić information content (AvgIpc) is 2.95. The van der Waals surface area contributed by atoms with Gasteiger partial charge in [0.25, 0.3) is 5.91 Å². The van der Waals surface area contributed by atoms with Gasteiger partial charge in [-0.15, -0.1) is 0 Å². The molecule has 1 amide bonds. The second kappa shape index (κ2) is 7.90. The molecule has 1 aromatic heterocycles. The lowest BCUT2D eigenvalue weighted by atomic mass is 10.2. The van der Waals surface area contributed by atoms with E-state index in [1.165, 1.54) is 30.5 Å². The standard InChI is InChI=1S/C20H20N4O4S/c1-13-11-15(12-22-23-20(26)18-5-3-4-6-19(18)25)14(2)24(13)16-7-9-17(10-8-16)29(21,27)28/h3-12,25H,1-2H3,(H,23,26)(H2,21,27,28)/b22-12-. The molecule has 0 radical (unpaired) electrons. The molecule has 3 aromatic rings. The maximum atomic E-state index is 12.1. The van der Waals surface area contributed by atoms with E-state index in [2.05, 4.69) is 10.5 Å². The van der Waals surface area contributed by atoms with Crippen molar-refractivity contribution in [2.75, 3.05) is 0 Å². The van der Waals surface area contributed by atoms with Gasteiger partial charge in [-0.3, -0.25) is 4.79 Å². The number of aryl methyl sites for hydroxylation is 1. The molecule has 2 aromatic carbocycles. The topological polar surface area (TPSA) is 127 Å². The summed E-state index contributed by atoms with van der Waals surface area (Å²) in [5.74, 6) is -0.645. The Morgan fingerprint density at radius 1 is 1.14 bits per heavy atom. The first-order valence-electron chi connectivity index (χ1n) is 8.62. The molecule has 0 aliphatic heterocycles. The highest BCUT2D eigenvalue weighted by molar-refractivity contribution is 7.89. The van der Waals surface area contributed by atoms with Crippen molar-refractivity contribution in [3.63, 3.8) is 0 Å². The molecule has 0 aliphatic carbocycles. The van der Waals surface area contributed by atoms with Gasteiger partial charge in [-0.05, 0) is 56.3 Å². The van der Waals surface area contributed by atoms with Crippen molar-refractivity contribution in [2.24, 2.45) is 10.2 Å². The number of sulfonamides is 1. The first-order valence-corrected chi connectivity index (χ1v) is 10.2. The summed E-state index contributed by atoms with van der Waals surface area (Å²) in [6.07, 6.45) is 1.51. The van der Waals surface area contributed by atoms with Gasteiger partial charge in [0.2, 0.25) is 10.0 Å². The lowest BCUT2D eigenvalue weighted by Gasteiger charge is -2.10. The minimum absolute atomic E-state index is 0.0392. The fourth-order valence-corrected chi connectivity index (χ4v) is 3.50. The minimum atomic E-state index is -3.75. The second-order valence-corrected chi connectivity index (χ2v) is 7.98. The summed E-state index contributed by atoms with van der Waals surface area (Å²) in [5, 5.41) is 18.8. The zero-order valence-electron chi connectivity index (χ0n) is 15.8. The number of hydrogen-bond acceptors (Lipinski definition) is 5. The summed E-state index contributed by atoms with van der Waals surface area (Å²) in [5.41, 5.74) is 5.82. The average molecular weight is 412 g/mol. The first kappa shape index (κ1) is 20.3. The molecule has 0 unspecified atom stereocenters. The van der Waals surface area contributed by atoms with E-state index in [0.29, 0.717) is 0 Å². The van der Waals surface area contributed by atoms with Gasteiger partial charge in [-0.2, -0.15) is 5.10 Å². The van der Waals surface area contributed by atoms with Gasteiger partial charge in [0.05, 0.1) is 16.7 Å². The second-order valence-electron chi connectivity index (χ2n) is 6.42. The highest BCUT2D eigenvalue weighted by Crippen LogP contribution is 2.21. The van der Waals surface area contributed by atoms with Crippen molar-refractivity contribution in [2.45, 2.75) is 18.7 Å². The van der Waals surface area contributed by atoms with Gasteiger partial charge in [0, 0.05) is 22.6 Å². The van der Waals surface area contributed by atoms with Crippen LogP contribution in [0.4, 0.5) is 0 Å². The van der Waals surface area contributed by atoms with Crippen molar-refractivity contribution in [1.82, 2.24) is 9.99 Å². The van der Waals surface area contributed by atoms with Crippen LogP contribution in [0.1, 0.15) is 27.3 Å². The van der Waals surface area contributed by atoms with Gasteiger partial charge in [-0.1, -0.05) is 12.1 Å². The Morgan fingerprint density at radius 2 is 1.79 bits per heavy atom. The smallest absolute Gasteiger partial charge is 0.275 e. The van der Waals surface area contributed by atoms with E-state index >= 15 is 0 Å². The summed E-state index contributed by atoms with van der Waals surface area (Å²) < 4.78 is 24.8. The Morgan fingerprint density at radius 3 is 2.41 bits per heavy atom. The third-order valence-electron chi connectivity index (χ3n) is 4.41. The molecule has 0 bridgehead atoms. The number of hydrazone groups is 1. The van der Waals surface area contributed by atoms with E-state index in [4.69, 9.17) is 5.14 Å². The molecule has 1 heterocycles. The number of nitrogens with zero attached hydrogens (tertiary/aromatic N) is 2. The number of hydrogen-bond donors (Lipinski definition) is 3. The van der Waals surface area contributed by atoms with Crippen molar-refractivity contribution in [3.8, 4) is 11.4 Å². The van der Waals surface area contributed by atoms with E-state index in [1.54, 1.807) is 24.3 Å². The van der Waals surface area contributed by atoms with Crippen molar-refractivity contribution >= 4 is 22.1 Å². The monoisotopic (exact) mass is 412 g/mol. The van der Waals surface area contributed by atoms with E-state index < -0.39 is 15.9 Å². The summed E-state index contributed by atoms with van der Waals surface area (Å²) >= 11 is 0. The first-order chi connectivity index (χ1) is 13.7. The summed E-state index contributed by atoms with van der Waals surface area (Å²) in [6, 6.07) is 14.3. The zero-order valence-corrected chi connectivity index (χ0v) is 16.6. The molecule has 3 rings (SSSR count). The highest BCUT2D eigenvalue weighted by Gasteiger charge is 2.12. The molecule has 0 fully saturated rings. The van der Waals surface area contributed by atoms with E-state index in [-0.39, 0.29) is 16.2 Å². The summed E-state index contributed by atoms with van der Waals surface area (Å²) in [7, 11) is -3.75. The van der Waals surface area contributed by atoms with Crippen molar-refractivity contribution < 1.29 is 18.3 Å². The fourth-order valence-electron chi connectivity index (χ4n) is 2.99. The van der Waals surface area contributed by atoms with Crippen LogP contribution in [0.5, 0.6) is 5.75 Å². The van der Waals surface area contributed by atoms with Crippen LogP contribution in [-0.4, -0.2) is 30.2 Å². The summed E-state index contributed by atoms with van der Waals surface area (Å²) in [4.78, 5) is 12.1. The number of rotatable bonds is 5. The molecule has 8 nitrogen and oxygen atoms in total. The Labute approximate surface area is 168 Å². The van der Waals surface area contributed by atoms with Gasteiger partial charge in [-0.25, -0.2) is 19.0 Å². The Hall–Kier alpha value is -3.43. The van der Waals surface area contributed by atoms with Crippen LogP contribution < -0.4 is 10.6 Å². The number of aromatic hydroxyl groups is 1. The fraction of sp³-hybridized carbons (Fsp3) is 0.100. The number of primary sulfonamides is 1.